The molecule has 0 radical (unpaired) electrons. The first-order valence-electron chi connectivity index (χ1n) is 4.77. The summed E-state index contributed by atoms with van der Waals surface area (Å²) in [6.45, 7) is 0.778. The number of nitrogens with two attached hydrogens (primary N) is 1. The second-order valence-electron chi connectivity index (χ2n) is 3.46. The number of hydrogen-bond donors (Lipinski definition) is 4. The van der Waals surface area contributed by atoms with Crippen molar-refractivity contribution in [2.45, 2.75) is 25.7 Å². The average molecular weight is 191 g/mol. The molecule has 0 spiro atoms. The van der Waals surface area contributed by atoms with Crippen LogP contribution in [0.25, 0.3) is 0 Å². The Morgan fingerprint density at radius 1 is 0.769 bits per heavy atom. The van der Waals surface area contributed by atoms with Crippen LogP contribution >= 0.6 is 0 Å². The fourth-order valence-electron chi connectivity index (χ4n) is 1.77. The molecule has 0 aliphatic carbocycles. The molecule has 0 aliphatic rings. The van der Waals surface area contributed by atoms with Gasteiger partial charge in [0.1, 0.15) is 0 Å². The Morgan fingerprint density at radius 2 is 1.15 bits per heavy atom. The summed E-state index contributed by atoms with van der Waals surface area (Å²) in [5, 5.41) is 26.6. The Morgan fingerprint density at radius 3 is 1.38 bits per heavy atom. The van der Waals surface area contributed by atoms with E-state index in [9.17, 15) is 0 Å². The largest absolute Gasteiger partial charge is 0.396 e. The highest BCUT2D eigenvalue weighted by molar-refractivity contribution is 4.79. The Balaban J connectivity index is 4.19. The van der Waals surface area contributed by atoms with Crippen molar-refractivity contribution in [3.63, 3.8) is 0 Å². The summed E-state index contributed by atoms with van der Waals surface area (Å²) in [6, 6.07) is 0. The first-order valence-corrected chi connectivity index (χ1v) is 4.77. The molecule has 5 N–H and O–H groups in total. The maximum absolute atomic E-state index is 8.88. The summed E-state index contributed by atoms with van der Waals surface area (Å²) in [6.07, 6.45) is 2.55. The van der Waals surface area contributed by atoms with E-state index in [1.807, 2.05) is 0 Å². The predicted molar refractivity (Wildman–Crippen MR) is 51.2 cm³/mol. The van der Waals surface area contributed by atoms with Crippen molar-refractivity contribution in [3.8, 4) is 0 Å². The molecule has 80 valence electrons. The molecular weight excluding hydrogens is 170 g/mol. The second-order valence-corrected chi connectivity index (χ2v) is 3.46. The van der Waals surface area contributed by atoms with E-state index in [0.717, 1.165) is 6.42 Å². The summed E-state index contributed by atoms with van der Waals surface area (Å²) in [5.74, 6) is 0. The minimum absolute atomic E-state index is 0.0833. The Bertz CT molecular complexity index is 89.9. The maximum Gasteiger partial charge on any atom is 0.0436 e. The predicted octanol–water partition coefficient (Wildman–Crippen LogP) is -0.531. The Labute approximate surface area is 79.4 Å². The highest BCUT2D eigenvalue weighted by atomic mass is 16.3. The van der Waals surface area contributed by atoms with E-state index in [4.69, 9.17) is 21.1 Å². The third-order valence-corrected chi connectivity index (χ3v) is 2.60. The van der Waals surface area contributed by atoms with Gasteiger partial charge in [-0.25, -0.2) is 0 Å². The third kappa shape index (κ3) is 4.57. The van der Waals surface area contributed by atoms with Crippen LogP contribution in [0.1, 0.15) is 25.7 Å². The van der Waals surface area contributed by atoms with Crippen LogP contribution in [-0.4, -0.2) is 41.7 Å². The van der Waals surface area contributed by atoms with Crippen molar-refractivity contribution < 1.29 is 15.3 Å². The molecule has 0 aromatic rings. The number of rotatable bonds is 8. The van der Waals surface area contributed by atoms with Gasteiger partial charge in [-0.2, -0.15) is 0 Å². The monoisotopic (exact) mass is 191 g/mol. The van der Waals surface area contributed by atoms with E-state index in [1.54, 1.807) is 0 Å². The molecule has 0 saturated carbocycles. The van der Waals surface area contributed by atoms with Crippen molar-refractivity contribution in [3.05, 3.63) is 0 Å². The van der Waals surface area contributed by atoms with E-state index in [2.05, 4.69) is 0 Å². The van der Waals surface area contributed by atoms with Gasteiger partial charge in [0.2, 0.25) is 0 Å². The minimum atomic E-state index is -0.174. The van der Waals surface area contributed by atoms with Crippen LogP contribution in [0.15, 0.2) is 0 Å². The van der Waals surface area contributed by atoms with E-state index in [1.165, 1.54) is 0 Å². The van der Waals surface area contributed by atoms with Crippen molar-refractivity contribution in [1.82, 2.24) is 0 Å². The lowest BCUT2D eigenvalue weighted by molar-refractivity contribution is 0.0934. The zero-order chi connectivity index (χ0) is 10.2. The number of aliphatic hydroxyl groups excluding tert-OH is 3. The van der Waals surface area contributed by atoms with Crippen LogP contribution in [0.2, 0.25) is 0 Å². The first kappa shape index (κ1) is 12.8. The van der Waals surface area contributed by atoms with Gasteiger partial charge in [0.15, 0.2) is 0 Å². The second kappa shape index (κ2) is 7.26. The van der Waals surface area contributed by atoms with Gasteiger partial charge in [-0.1, -0.05) is 0 Å². The van der Waals surface area contributed by atoms with Gasteiger partial charge in [-0.15, -0.1) is 0 Å². The molecule has 0 bridgehead atoms. The average Bonchev–Trinajstić information content (AvgIpc) is 2.06. The summed E-state index contributed by atoms with van der Waals surface area (Å²) in [5.41, 5.74) is 5.29. The van der Waals surface area contributed by atoms with Crippen LogP contribution in [0.5, 0.6) is 0 Å². The summed E-state index contributed by atoms with van der Waals surface area (Å²) in [4.78, 5) is 0. The third-order valence-electron chi connectivity index (χ3n) is 2.60. The topological polar surface area (TPSA) is 86.7 Å². The lowest BCUT2D eigenvalue weighted by Crippen LogP contribution is -2.28. The van der Waals surface area contributed by atoms with E-state index in [-0.39, 0.29) is 25.2 Å². The summed E-state index contributed by atoms with van der Waals surface area (Å²) >= 11 is 0. The van der Waals surface area contributed by atoms with Crippen LogP contribution in [0.4, 0.5) is 0 Å². The number of hydrogen-bond acceptors (Lipinski definition) is 4. The summed E-state index contributed by atoms with van der Waals surface area (Å²) < 4.78 is 0. The fourth-order valence-corrected chi connectivity index (χ4v) is 1.77. The SMILES string of the molecule is NCCC(CCO)(CCO)CCO. The highest BCUT2D eigenvalue weighted by Gasteiger charge is 2.27. The van der Waals surface area contributed by atoms with Crippen molar-refractivity contribution in [2.24, 2.45) is 11.1 Å². The molecule has 0 atom stereocenters. The molecule has 0 aliphatic heterocycles. The van der Waals surface area contributed by atoms with Crippen LogP contribution in [0.3, 0.4) is 0 Å². The molecule has 13 heavy (non-hydrogen) atoms. The molecule has 0 amide bonds. The van der Waals surface area contributed by atoms with Crippen molar-refractivity contribution in [2.75, 3.05) is 26.4 Å². The van der Waals surface area contributed by atoms with E-state index in [0.29, 0.717) is 25.8 Å². The van der Waals surface area contributed by atoms with Crippen LogP contribution in [-0.2, 0) is 0 Å². The van der Waals surface area contributed by atoms with Gasteiger partial charge >= 0.3 is 0 Å². The molecule has 0 aromatic heterocycles. The standard InChI is InChI=1S/C9H21NO3/c10-5-1-9(2-6-11,3-7-12)4-8-13/h11-13H,1-8,10H2. The zero-order valence-electron chi connectivity index (χ0n) is 8.08. The van der Waals surface area contributed by atoms with E-state index < -0.39 is 0 Å². The number of aliphatic hydroxyl groups is 3. The van der Waals surface area contributed by atoms with Gasteiger partial charge in [-0.05, 0) is 37.6 Å². The van der Waals surface area contributed by atoms with Gasteiger partial charge in [0, 0.05) is 19.8 Å². The lowest BCUT2D eigenvalue weighted by atomic mass is 9.76. The first-order chi connectivity index (χ1) is 6.24. The van der Waals surface area contributed by atoms with E-state index >= 15 is 0 Å². The smallest absolute Gasteiger partial charge is 0.0436 e. The minimum Gasteiger partial charge on any atom is -0.396 e. The molecule has 4 heteroatoms. The van der Waals surface area contributed by atoms with Gasteiger partial charge < -0.3 is 21.1 Å². The van der Waals surface area contributed by atoms with Crippen LogP contribution in [0, 0.1) is 5.41 Å². The van der Waals surface area contributed by atoms with Gasteiger partial charge in [-0.3, -0.25) is 0 Å². The van der Waals surface area contributed by atoms with Crippen molar-refractivity contribution in [1.29, 1.82) is 0 Å². The molecule has 0 unspecified atom stereocenters. The highest BCUT2D eigenvalue weighted by Crippen LogP contribution is 2.33. The Kier molecular flexibility index (Phi) is 7.17. The quantitative estimate of drug-likeness (QED) is 0.415. The molecule has 0 aromatic carbocycles. The molecule has 0 fully saturated rings. The lowest BCUT2D eigenvalue weighted by Gasteiger charge is -2.31. The van der Waals surface area contributed by atoms with Crippen molar-refractivity contribution >= 4 is 0 Å². The zero-order valence-corrected chi connectivity index (χ0v) is 8.08. The van der Waals surface area contributed by atoms with Crippen LogP contribution < -0.4 is 5.73 Å². The fraction of sp³-hybridized carbons (Fsp3) is 1.00. The maximum atomic E-state index is 8.88. The molecule has 0 heterocycles. The molecule has 4 nitrogen and oxygen atoms in total. The van der Waals surface area contributed by atoms with Gasteiger partial charge in [0.25, 0.3) is 0 Å². The molecule has 0 saturated heterocycles. The van der Waals surface area contributed by atoms with Gasteiger partial charge in [0.05, 0.1) is 0 Å². The molecule has 0 rings (SSSR count). The normalized spacial score (nSPS) is 12.0. The Hall–Kier alpha value is -0.160. The summed E-state index contributed by atoms with van der Waals surface area (Å²) in [7, 11) is 0. The molecular formula is C9H21NO3.